The second-order valence-corrected chi connectivity index (χ2v) is 8.77. The van der Waals surface area contributed by atoms with Crippen LogP contribution in [0.25, 0.3) is 10.9 Å². The molecule has 0 radical (unpaired) electrons. The zero-order valence-electron chi connectivity index (χ0n) is 14.5. The van der Waals surface area contributed by atoms with Crippen LogP contribution in [0, 0.1) is 0 Å². The molecular weight excluding hydrogens is 384 g/mol. The molecule has 2 aromatic heterocycles. The van der Waals surface area contributed by atoms with Crippen LogP contribution in [0.1, 0.15) is 33.9 Å². The molecule has 5 rings (SSSR count). The first-order valence-electron chi connectivity index (χ1n) is 9.06. The third-order valence-electron chi connectivity index (χ3n) is 5.27. The van der Waals surface area contributed by atoms with Crippen LogP contribution in [0.3, 0.4) is 0 Å². The number of benzene rings is 1. The van der Waals surface area contributed by atoms with Gasteiger partial charge in [0.05, 0.1) is 18.3 Å². The van der Waals surface area contributed by atoms with E-state index >= 15 is 0 Å². The second kappa shape index (κ2) is 6.51. The lowest BCUT2D eigenvalue weighted by Crippen LogP contribution is -2.38. The van der Waals surface area contributed by atoms with E-state index in [4.69, 9.17) is 11.6 Å². The number of aromatic amines is 1. The number of H-pyrrole nitrogens is 1. The molecule has 6 nitrogen and oxygen atoms in total. The van der Waals surface area contributed by atoms with Crippen molar-refractivity contribution >= 4 is 44.9 Å². The third kappa shape index (κ3) is 3.20. The lowest BCUT2D eigenvalue weighted by molar-refractivity contribution is 0.0731. The lowest BCUT2D eigenvalue weighted by atomic mass is 9.90. The van der Waals surface area contributed by atoms with Gasteiger partial charge in [0.25, 0.3) is 5.91 Å². The molecule has 0 spiro atoms. The van der Waals surface area contributed by atoms with Crippen molar-refractivity contribution in [1.82, 2.24) is 14.9 Å². The Labute approximate surface area is 165 Å². The number of carbonyl (C=O) groups excluding carboxylic acids is 1. The second-order valence-electron chi connectivity index (χ2n) is 7.25. The minimum absolute atomic E-state index is 0.00185. The number of aliphatic hydroxyl groups is 1. The Hall–Kier alpha value is -2.09. The molecular formula is C19H19ClN4O2S. The quantitative estimate of drug-likeness (QED) is 0.627. The summed E-state index contributed by atoms with van der Waals surface area (Å²) in [7, 11) is 0. The van der Waals surface area contributed by atoms with Gasteiger partial charge in [-0.1, -0.05) is 29.0 Å². The summed E-state index contributed by atoms with van der Waals surface area (Å²) in [6, 6.07) is 7.76. The predicted octanol–water partition coefficient (Wildman–Crippen LogP) is 3.41. The zero-order chi connectivity index (χ0) is 18.5. The Morgan fingerprint density at radius 2 is 2.22 bits per heavy atom. The van der Waals surface area contributed by atoms with Crippen LogP contribution in [0.15, 0.2) is 24.3 Å². The Morgan fingerprint density at radius 1 is 1.37 bits per heavy atom. The van der Waals surface area contributed by atoms with Gasteiger partial charge < -0.3 is 20.3 Å². The number of carbonyl (C=O) groups is 1. The molecule has 2 aliphatic rings. The van der Waals surface area contributed by atoms with Crippen molar-refractivity contribution in [3.05, 3.63) is 45.6 Å². The fourth-order valence-corrected chi connectivity index (χ4v) is 4.97. The van der Waals surface area contributed by atoms with Crippen molar-refractivity contribution < 1.29 is 9.90 Å². The number of aromatic nitrogens is 2. The average Bonchev–Trinajstić information content (AvgIpc) is 3.21. The average molecular weight is 403 g/mol. The number of amides is 1. The summed E-state index contributed by atoms with van der Waals surface area (Å²) >= 11 is 7.64. The minimum Gasteiger partial charge on any atom is -0.393 e. The minimum atomic E-state index is -0.184. The summed E-state index contributed by atoms with van der Waals surface area (Å²) in [4.78, 5) is 23.8. The molecule has 140 valence electrons. The van der Waals surface area contributed by atoms with Crippen LogP contribution in [0.4, 0.5) is 5.13 Å². The molecule has 0 unspecified atom stereocenters. The van der Waals surface area contributed by atoms with Gasteiger partial charge in [0.15, 0.2) is 5.13 Å². The van der Waals surface area contributed by atoms with E-state index in [0.717, 1.165) is 45.9 Å². The van der Waals surface area contributed by atoms with Gasteiger partial charge in [0.1, 0.15) is 5.69 Å². The highest BCUT2D eigenvalue weighted by Crippen LogP contribution is 2.32. The lowest BCUT2D eigenvalue weighted by Gasteiger charge is -2.31. The van der Waals surface area contributed by atoms with Crippen molar-refractivity contribution in [1.29, 1.82) is 0 Å². The molecule has 3 N–H and O–H groups in total. The number of thiazole rings is 1. The highest BCUT2D eigenvalue weighted by molar-refractivity contribution is 7.15. The molecule has 8 heteroatoms. The molecule has 0 bridgehead atoms. The molecule has 1 aromatic carbocycles. The van der Waals surface area contributed by atoms with Gasteiger partial charge in [-0.2, -0.15) is 0 Å². The first-order valence-corrected chi connectivity index (χ1v) is 10.3. The summed E-state index contributed by atoms with van der Waals surface area (Å²) in [6.45, 7) is 1.24. The number of hydrogen-bond donors (Lipinski definition) is 3. The first-order chi connectivity index (χ1) is 13.0. The molecule has 0 saturated heterocycles. The number of halogens is 1. The Bertz CT molecular complexity index is 1020. The topological polar surface area (TPSA) is 81.2 Å². The highest BCUT2D eigenvalue weighted by Gasteiger charge is 2.30. The maximum Gasteiger partial charge on any atom is 0.270 e. The summed E-state index contributed by atoms with van der Waals surface area (Å²) < 4.78 is 0. The Morgan fingerprint density at radius 3 is 3.04 bits per heavy atom. The van der Waals surface area contributed by atoms with Crippen LogP contribution in [0.5, 0.6) is 0 Å². The van der Waals surface area contributed by atoms with Gasteiger partial charge in [0, 0.05) is 39.8 Å². The number of fused-ring (bicyclic) bond motifs is 2. The summed E-state index contributed by atoms with van der Waals surface area (Å²) in [5.74, 6) is -0.00185. The van der Waals surface area contributed by atoms with Crippen molar-refractivity contribution in [3.8, 4) is 0 Å². The van der Waals surface area contributed by atoms with E-state index in [1.165, 1.54) is 0 Å². The SMILES string of the molecule is O=C(c1cc2ccc(Cl)cc2[nH]1)N1CCc2nc(NC3CC(O)C3)sc2C1. The summed E-state index contributed by atoms with van der Waals surface area (Å²) in [5.41, 5.74) is 2.53. The van der Waals surface area contributed by atoms with Gasteiger partial charge in [0.2, 0.25) is 0 Å². The molecule has 27 heavy (non-hydrogen) atoms. The maximum atomic E-state index is 12.9. The number of rotatable bonds is 3. The predicted molar refractivity (Wildman–Crippen MR) is 107 cm³/mol. The van der Waals surface area contributed by atoms with Crippen LogP contribution in [-0.4, -0.2) is 44.6 Å². The number of nitrogens with zero attached hydrogens (tertiary/aromatic N) is 2. The molecule has 1 fully saturated rings. The van der Waals surface area contributed by atoms with E-state index < -0.39 is 0 Å². The van der Waals surface area contributed by atoms with Crippen molar-refractivity contribution in [3.63, 3.8) is 0 Å². The number of hydrogen-bond acceptors (Lipinski definition) is 5. The number of aliphatic hydroxyl groups excluding tert-OH is 1. The smallest absolute Gasteiger partial charge is 0.270 e. The Kier molecular flexibility index (Phi) is 4.11. The highest BCUT2D eigenvalue weighted by atomic mass is 35.5. The molecule has 3 aromatic rings. The van der Waals surface area contributed by atoms with Gasteiger partial charge in [-0.15, -0.1) is 0 Å². The molecule has 1 saturated carbocycles. The molecule has 3 heterocycles. The van der Waals surface area contributed by atoms with E-state index in [1.807, 2.05) is 29.2 Å². The van der Waals surface area contributed by atoms with Crippen LogP contribution in [-0.2, 0) is 13.0 Å². The Balaban J connectivity index is 1.32. The summed E-state index contributed by atoms with van der Waals surface area (Å²) in [5, 5.41) is 15.3. The van der Waals surface area contributed by atoms with E-state index in [9.17, 15) is 9.90 Å². The van der Waals surface area contributed by atoms with Crippen molar-refractivity contribution in [2.45, 2.75) is 38.0 Å². The van der Waals surface area contributed by atoms with Crippen molar-refractivity contribution in [2.24, 2.45) is 0 Å². The monoisotopic (exact) mass is 402 g/mol. The fraction of sp³-hybridized carbons (Fsp3) is 0.368. The third-order valence-corrected chi connectivity index (χ3v) is 6.52. The van der Waals surface area contributed by atoms with E-state index in [1.54, 1.807) is 11.3 Å². The first kappa shape index (κ1) is 17.0. The fourth-order valence-electron chi connectivity index (χ4n) is 3.70. The largest absolute Gasteiger partial charge is 0.393 e. The molecule has 1 aliphatic heterocycles. The van der Waals surface area contributed by atoms with E-state index in [0.29, 0.717) is 29.8 Å². The van der Waals surface area contributed by atoms with Crippen LogP contribution >= 0.6 is 22.9 Å². The zero-order valence-corrected chi connectivity index (χ0v) is 16.1. The van der Waals surface area contributed by atoms with Crippen LogP contribution < -0.4 is 5.32 Å². The molecule has 1 aliphatic carbocycles. The normalized spacial score (nSPS) is 21.8. The van der Waals surface area contributed by atoms with Gasteiger partial charge in [-0.05, 0) is 31.0 Å². The van der Waals surface area contributed by atoms with Gasteiger partial charge in [-0.3, -0.25) is 4.79 Å². The number of nitrogens with one attached hydrogen (secondary N) is 2. The van der Waals surface area contributed by atoms with Gasteiger partial charge >= 0.3 is 0 Å². The van der Waals surface area contributed by atoms with Crippen LogP contribution in [0.2, 0.25) is 5.02 Å². The standard InChI is InChI=1S/C19H19ClN4O2S/c20-11-2-1-10-5-16(22-15(10)6-11)18(26)24-4-3-14-17(9-24)27-19(23-14)21-12-7-13(25)8-12/h1-2,5-6,12-13,22,25H,3-4,7-9H2,(H,21,23). The molecule has 1 amide bonds. The van der Waals surface area contributed by atoms with Gasteiger partial charge in [-0.25, -0.2) is 4.98 Å². The number of anilines is 1. The van der Waals surface area contributed by atoms with Crippen molar-refractivity contribution in [2.75, 3.05) is 11.9 Å². The molecule has 0 atom stereocenters. The van der Waals surface area contributed by atoms with E-state index in [-0.39, 0.29) is 12.0 Å². The van der Waals surface area contributed by atoms with E-state index in [2.05, 4.69) is 15.3 Å². The maximum absolute atomic E-state index is 12.9. The summed E-state index contributed by atoms with van der Waals surface area (Å²) in [6.07, 6.45) is 2.13.